The predicted octanol–water partition coefficient (Wildman–Crippen LogP) is 3.93. The zero-order valence-corrected chi connectivity index (χ0v) is 22.4. The van der Waals surface area contributed by atoms with Gasteiger partial charge in [-0.05, 0) is 85.7 Å². The highest BCUT2D eigenvalue weighted by Gasteiger charge is 2.30. The Labute approximate surface area is 225 Å². The normalized spacial score (nSPS) is 18.6. The van der Waals surface area contributed by atoms with Crippen molar-refractivity contribution in [2.24, 2.45) is 4.99 Å². The second kappa shape index (κ2) is 11.8. The molecular weight excluding hydrogens is 502 g/mol. The van der Waals surface area contributed by atoms with E-state index in [2.05, 4.69) is 10.6 Å². The summed E-state index contributed by atoms with van der Waals surface area (Å²) in [5.74, 6) is 0.615. The van der Waals surface area contributed by atoms with Crippen molar-refractivity contribution in [3.8, 4) is 0 Å². The Balaban J connectivity index is 1.36. The van der Waals surface area contributed by atoms with Gasteiger partial charge in [0.2, 0.25) is 23.7 Å². The Morgan fingerprint density at radius 3 is 2.71 bits per heavy atom. The molecule has 0 radical (unpaired) electrons. The van der Waals surface area contributed by atoms with Gasteiger partial charge < -0.3 is 19.5 Å². The third-order valence-corrected chi connectivity index (χ3v) is 7.66. The van der Waals surface area contributed by atoms with Gasteiger partial charge in [0.25, 0.3) is 0 Å². The van der Waals surface area contributed by atoms with Gasteiger partial charge >= 0.3 is 0 Å². The number of fused-ring (bicyclic) bond motifs is 1. The third kappa shape index (κ3) is 6.42. The summed E-state index contributed by atoms with van der Waals surface area (Å²) in [7, 11) is 0. The fourth-order valence-electron chi connectivity index (χ4n) is 4.99. The average molecular weight is 536 g/mol. The minimum Gasteiger partial charge on any atom is -0.461 e. The summed E-state index contributed by atoms with van der Waals surface area (Å²) >= 11 is 1.54. The van der Waals surface area contributed by atoms with E-state index in [9.17, 15) is 14.4 Å². The maximum atomic E-state index is 13.5. The zero-order chi connectivity index (χ0) is 26.5. The van der Waals surface area contributed by atoms with Crippen molar-refractivity contribution < 1.29 is 18.8 Å². The lowest BCUT2D eigenvalue weighted by Gasteiger charge is -2.25. The number of rotatable bonds is 6. The molecule has 0 saturated carbocycles. The number of hydrogen-bond acceptors (Lipinski definition) is 6. The topological polar surface area (TPSA) is 107 Å². The minimum absolute atomic E-state index is 0.00778. The molecule has 2 aliphatic rings. The molecule has 0 aliphatic carbocycles. The van der Waals surface area contributed by atoms with Gasteiger partial charge in [0, 0.05) is 30.7 Å². The number of carbonyl (C=O) groups excluding carboxylic acids is 3. The number of anilines is 1. The zero-order valence-electron chi connectivity index (χ0n) is 21.6. The summed E-state index contributed by atoms with van der Waals surface area (Å²) in [6.45, 7) is 4.02. The van der Waals surface area contributed by atoms with E-state index in [4.69, 9.17) is 9.41 Å². The molecule has 2 aliphatic heterocycles. The lowest BCUT2D eigenvalue weighted by molar-refractivity contribution is -0.140. The van der Waals surface area contributed by atoms with Crippen LogP contribution in [0.2, 0.25) is 0 Å². The van der Waals surface area contributed by atoms with E-state index in [1.165, 1.54) is 11.3 Å². The third-order valence-electron chi connectivity index (χ3n) is 6.93. The van der Waals surface area contributed by atoms with E-state index in [1.54, 1.807) is 4.90 Å². The Bertz CT molecular complexity index is 1330. The summed E-state index contributed by atoms with van der Waals surface area (Å²) in [5.41, 5.74) is 2.40. The van der Waals surface area contributed by atoms with E-state index in [0.717, 1.165) is 66.8 Å². The van der Waals surface area contributed by atoms with Crippen molar-refractivity contribution in [2.45, 2.75) is 51.5 Å². The Hall–Kier alpha value is -3.66. The number of amides is 3. The lowest BCUT2D eigenvalue weighted by atomic mass is 10.1. The quantitative estimate of drug-likeness (QED) is 0.367. The Morgan fingerprint density at radius 1 is 1.11 bits per heavy atom. The van der Waals surface area contributed by atoms with E-state index < -0.39 is 6.04 Å². The second-order valence-electron chi connectivity index (χ2n) is 9.93. The van der Waals surface area contributed by atoms with Crippen LogP contribution in [0.25, 0.3) is 11.0 Å². The molecule has 2 aromatic heterocycles. The molecule has 9 nitrogen and oxygen atoms in total. The highest BCUT2D eigenvalue weighted by molar-refractivity contribution is 7.08. The number of aryl methyl sites for hydroxylation is 1. The molecule has 4 heterocycles. The van der Waals surface area contributed by atoms with E-state index in [0.29, 0.717) is 13.0 Å². The predicted molar refractivity (Wildman–Crippen MR) is 148 cm³/mol. The van der Waals surface area contributed by atoms with Gasteiger partial charge in [-0.3, -0.25) is 19.7 Å². The molecule has 38 heavy (non-hydrogen) atoms. The second-order valence-corrected chi connectivity index (χ2v) is 10.7. The minimum atomic E-state index is -0.687. The molecule has 0 bridgehead atoms. The van der Waals surface area contributed by atoms with Crippen molar-refractivity contribution in [2.75, 3.05) is 31.5 Å². The number of guanidine groups is 1. The van der Waals surface area contributed by atoms with Crippen LogP contribution in [0.4, 0.5) is 5.69 Å². The standard InChI is InChI=1S/C28H33N5O4S/c1-19-14-21-16-22(7-8-24(21)37-19)29-28(31-25(34)15-20-9-13-38-18-20)30-23-6-2-3-12-33(27(23)36)17-26(35)32-10-4-5-11-32/h7-9,13-14,16,18,23H,2-6,10-12,15,17H2,1H3,(H2,29,30,31,34)/t23-/m0/s1. The molecule has 2 N–H and O–H groups in total. The number of thiophene rings is 1. The summed E-state index contributed by atoms with van der Waals surface area (Å²) in [4.78, 5) is 47.3. The number of likely N-dealkylation sites (tertiary alicyclic amines) is 2. The number of benzene rings is 1. The molecule has 1 aromatic carbocycles. The molecule has 0 spiro atoms. The monoisotopic (exact) mass is 535 g/mol. The van der Waals surface area contributed by atoms with Crippen LogP contribution in [0.15, 0.2) is 50.5 Å². The number of nitrogens with zero attached hydrogens (tertiary/aromatic N) is 3. The van der Waals surface area contributed by atoms with Crippen LogP contribution in [0.1, 0.15) is 43.4 Å². The van der Waals surface area contributed by atoms with Crippen molar-refractivity contribution in [1.29, 1.82) is 0 Å². The Kier molecular flexibility index (Phi) is 8.07. The first kappa shape index (κ1) is 26.0. The molecule has 0 unspecified atom stereocenters. The number of nitrogens with one attached hydrogen (secondary N) is 2. The maximum absolute atomic E-state index is 13.5. The highest BCUT2D eigenvalue weighted by Crippen LogP contribution is 2.23. The summed E-state index contributed by atoms with van der Waals surface area (Å²) in [6.07, 6.45) is 4.41. The number of carbonyl (C=O) groups is 3. The number of furan rings is 1. The van der Waals surface area contributed by atoms with Gasteiger partial charge in [-0.15, -0.1) is 0 Å². The maximum Gasteiger partial charge on any atom is 0.247 e. The molecule has 3 aromatic rings. The molecule has 10 heteroatoms. The summed E-state index contributed by atoms with van der Waals surface area (Å²) in [5, 5.41) is 10.9. The molecule has 2 fully saturated rings. The molecule has 3 amide bonds. The van der Waals surface area contributed by atoms with E-state index in [1.807, 2.05) is 52.9 Å². The van der Waals surface area contributed by atoms with Crippen LogP contribution >= 0.6 is 11.3 Å². The van der Waals surface area contributed by atoms with Crippen LogP contribution < -0.4 is 10.6 Å². The van der Waals surface area contributed by atoms with Crippen molar-refractivity contribution in [3.63, 3.8) is 0 Å². The van der Waals surface area contributed by atoms with Crippen LogP contribution in [-0.2, 0) is 20.8 Å². The molecule has 200 valence electrons. The van der Waals surface area contributed by atoms with Gasteiger partial charge in [0.05, 0.1) is 13.0 Å². The fourth-order valence-corrected chi connectivity index (χ4v) is 5.66. The summed E-state index contributed by atoms with van der Waals surface area (Å²) in [6, 6.07) is 8.79. The van der Waals surface area contributed by atoms with Gasteiger partial charge in [-0.25, -0.2) is 4.99 Å². The van der Waals surface area contributed by atoms with Crippen LogP contribution in [0.3, 0.4) is 0 Å². The SMILES string of the molecule is Cc1cc2cc(NC(=N[C@H]3CCCCN(CC(=O)N4CCCC4)C3=O)NC(=O)Cc3ccsc3)ccc2o1. The van der Waals surface area contributed by atoms with Gasteiger partial charge in [0.1, 0.15) is 17.4 Å². The van der Waals surface area contributed by atoms with E-state index >= 15 is 0 Å². The van der Waals surface area contributed by atoms with Crippen molar-refractivity contribution in [3.05, 3.63) is 52.4 Å². The van der Waals surface area contributed by atoms with Crippen molar-refractivity contribution >= 4 is 51.7 Å². The first-order valence-corrected chi connectivity index (χ1v) is 14.1. The Morgan fingerprint density at radius 2 is 1.92 bits per heavy atom. The van der Waals surface area contributed by atoms with Gasteiger partial charge in [-0.2, -0.15) is 11.3 Å². The molecule has 2 saturated heterocycles. The largest absolute Gasteiger partial charge is 0.461 e. The van der Waals surface area contributed by atoms with Crippen molar-refractivity contribution in [1.82, 2.24) is 15.1 Å². The lowest BCUT2D eigenvalue weighted by Crippen LogP contribution is -2.45. The van der Waals surface area contributed by atoms with Crippen LogP contribution in [0, 0.1) is 6.92 Å². The van der Waals surface area contributed by atoms with Crippen LogP contribution in [0.5, 0.6) is 0 Å². The first-order chi connectivity index (χ1) is 18.4. The number of aliphatic imine (C=N–C) groups is 1. The average Bonchev–Trinajstić information content (AvgIpc) is 3.64. The molecular formula is C28H33N5O4S. The molecule has 1 atom stereocenters. The summed E-state index contributed by atoms with van der Waals surface area (Å²) < 4.78 is 5.67. The van der Waals surface area contributed by atoms with Gasteiger partial charge in [0.15, 0.2) is 0 Å². The fraction of sp³-hybridized carbons (Fsp3) is 0.429. The van der Waals surface area contributed by atoms with Gasteiger partial charge in [-0.1, -0.05) is 0 Å². The molecule has 5 rings (SSSR count). The van der Waals surface area contributed by atoms with Crippen LogP contribution in [-0.4, -0.2) is 65.7 Å². The highest BCUT2D eigenvalue weighted by atomic mass is 32.1. The number of hydrogen-bond donors (Lipinski definition) is 2. The smallest absolute Gasteiger partial charge is 0.247 e. The van der Waals surface area contributed by atoms with E-state index in [-0.39, 0.29) is 36.6 Å². The first-order valence-electron chi connectivity index (χ1n) is 13.2.